The van der Waals surface area contributed by atoms with E-state index in [0.29, 0.717) is 16.3 Å². The molecule has 1 aromatic carbocycles. The third kappa shape index (κ3) is 4.36. The first-order chi connectivity index (χ1) is 9.06. The van der Waals surface area contributed by atoms with E-state index in [1.54, 1.807) is 6.07 Å². The molecular weight excluding hydrogens is 376 g/mol. The van der Waals surface area contributed by atoms with Crippen LogP contribution in [0.5, 0.6) is 11.5 Å². The summed E-state index contributed by atoms with van der Waals surface area (Å²) in [7, 11) is 0. The second-order valence-electron chi connectivity index (χ2n) is 4.82. The molecule has 0 bridgehead atoms. The van der Waals surface area contributed by atoms with Gasteiger partial charge >= 0.3 is 0 Å². The molecular formula is C14H18Br2O3. The lowest BCUT2D eigenvalue weighted by atomic mass is 9.98. The lowest BCUT2D eigenvalue weighted by molar-refractivity contribution is -0.117. The zero-order valence-electron chi connectivity index (χ0n) is 10.9. The fraction of sp³-hybridized carbons (Fsp3) is 0.571. The Morgan fingerprint density at radius 3 is 2.58 bits per heavy atom. The van der Waals surface area contributed by atoms with Gasteiger partial charge in [-0.25, -0.2) is 0 Å². The average molecular weight is 394 g/mol. The fourth-order valence-electron chi connectivity index (χ4n) is 2.32. The number of halogens is 2. The Balaban J connectivity index is 1.96. The molecule has 0 spiro atoms. The summed E-state index contributed by atoms with van der Waals surface area (Å²) in [4.78, 5) is 0. The minimum absolute atomic E-state index is 0.147. The van der Waals surface area contributed by atoms with Crippen LogP contribution in [0.3, 0.4) is 0 Å². The van der Waals surface area contributed by atoms with E-state index >= 15 is 0 Å². The summed E-state index contributed by atoms with van der Waals surface area (Å²) in [5, 5.41) is 9.72. The third-order valence-corrected chi connectivity index (χ3v) is 4.47. The van der Waals surface area contributed by atoms with E-state index in [4.69, 9.17) is 9.47 Å². The highest BCUT2D eigenvalue weighted by Gasteiger charge is 2.18. The van der Waals surface area contributed by atoms with E-state index < -0.39 is 0 Å². The Kier molecular flexibility index (Phi) is 5.54. The van der Waals surface area contributed by atoms with Crippen molar-refractivity contribution in [3.8, 4) is 11.5 Å². The van der Waals surface area contributed by atoms with Crippen LogP contribution in [-0.4, -0.2) is 17.5 Å². The Hall–Kier alpha value is -0.260. The molecule has 0 aliphatic heterocycles. The maximum Gasteiger partial charge on any atom is 0.197 e. The Morgan fingerprint density at radius 1 is 1.21 bits per heavy atom. The van der Waals surface area contributed by atoms with Gasteiger partial charge in [0, 0.05) is 4.47 Å². The first-order valence-corrected chi connectivity index (χ1v) is 8.15. The molecule has 0 radical (unpaired) electrons. The van der Waals surface area contributed by atoms with Crippen LogP contribution in [0.1, 0.15) is 39.0 Å². The number of aromatic hydroxyl groups is 1. The largest absolute Gasteiger partial charge is 0.507 e. The fourth-order valence-corrected chi connectivity index (χ4v) is 3.06. The molecule has 19 heavy (non-hydrogen) atoms. The maximum absolute atomic E-state index is 9.72. The smallest absolute Gasteiger partial charge is 0.197 e. The van der Waals surface area contributed by atoms with E-state index in [9.17, 15) is 5.11 Å². The van der Waals surface area contributed by atoms with E-state index in [0.717, 1.165) is 17.3 Å². The van der Waals surface area contributed by atoms with Crippen LogP contribution >= 0.6 is 31.9 Å². The van der Waals surface area contributed by atoms with Gasteiger partial charge in [-0.2, -0.15) is 0 Å². The molecule has 0 aromatic heterocycles. The van der Waals surface area contributed by atoms with E-state index in [1.807, 2.05) is 13.0 Å². The summed E-state index contributed by atoms with van der Waals surface area (Å²) in [6.45, 7) is 1.89. The van der Waals surface area contributed by atoms with E-state index in [2.05, 4.69) is 31.9 Å². The molecule has 5 heteroatoms. The van der Waals surface area contributed by atoms with Crippen molar-refractivity contribution in [1.82, 2.24) is 0 Å². The van der Waals surface area contributed by atoms with E-state index in [-0.39, 0.29) is 12.0 Å². The van der Waals surface area contributed by atoms with Gasteiger partial charge in [-0.15, -0.1) is 0 Å². The van der Waals surface area contributed by atoms with Gasteiger partial charge < -0.3 is 14.6 Å². The highest BCUT2D eigenvalue weighted by Crippen LogP contribution is 2.37. The molecule has 1 fully saturated rings. The number of benzene rings is 1. The summed E-state index contributed by atoms with van der Waals surface area (Å²) < 4.78 is 13.0. The number of rotatable bonds is 4. The van der Waals surface area contributed by atoms with Crippen LogP contribution in [-0.2, 0) is 4.74 Å². The van der Waals surface area contributed by atoms with E-state index in [1.165, 1.54) is 19.3 Å². The summed E-state index contributed by atoms with van der Waals surface area (Å²) in [5.41, 5.74) is 0. The Bertz CT molecular complexity index is 431. The lowest BCUT2D eigenvalue weighted by Crippen LogP contribution is -2.26. The SMILES string of the molecule is CC(Oc1cc(Br)cc(O)c1Br)OC1CCCCC1. The van der Waals surface area contributed by atoms with Gasteiger partial charge in [0.15, 0.2) is 6.29 Å². The Morgan fingerprint density at radius 2 is 1.89 bits per heavy atom. The first-order valence-electron chi connectivity index (χ1n) is 6.56. The quantitative estimate of drug-likeness (QED) is 0.732. The van der Waals surface area contributed by atoms with Gasteiger partial charge in [-0.1, -0.05) is 35.2 Å². The molecule has 1 unspecified atom stereocenters. The second-order valence-corrected chi connectivity index (χ2v) is 6.53. The monoisotopic (exact) mass is 392 g/mol. The van der Waals surface area contributed by atoms with Crippen LogP contribution < -0.4 is 4.74 Å². The number of phenolic OH excluding ortho intramolecular Hbond substituents is 1. The summed E-state index contributed by atoms with van der Waals surface area (Å²) in [5.74, 6) is 0.726. The van der Waals surface area contributed by atoms with Crippen molar-refractivity contribution < 1.29 is 14.6 Å². The van der Waals surface area contributed by atoms with Gasteiger partial charge in [0.05, 0.1) is 6.10 Å². The third-order valence-electron chi connectivity index (χ3n) is 3.21. The summed E-state index contributed by atoms with van der Waals surface area (Å²) in [6.07, 6.45) is 5.96. The molecule has 106 valence electrons. The molecule has 1 saturated carbocycles. The van der Waals surface area contributed by atoms with Crippen molar-refractivity contribution in [1.29, 1.82) is 0 Å². The van der Waals surface area contributed by atoms with Crippen molar-refractivity contribution >= 4 is 31.9 Å². The lowest BCUT2D eigenvalue weighted by Gasteiger charge is -2.26. The van der Waals surface area contributed by atoms with Crippen molar-refractivity contribution in [2.45, 2.75) is 51.4 Å². The summed E-state index contributed by atoms with van der Waals surface area (Å²) in [6, 6.07) is 3.42. The topological polar surface area (TPSA) is 38.7 Å². The molecule has 0 heterocycles. The van der Waals surface area contributed by atoms with Crippen LogP contribution in [0.4, 0.5) is 0 Å². The normalized spacial score (nSPS) is 18.3. The zero-order chi connectivity index (χ0) is 13.8. The minimum atomic E-state index is -0.326. The van der Waals surface area contributed by atoms with Gasteiger partial charge in [-0.05, 0) is 47.8 Å². The van der Waals surface area contributed by atoms with Crippen molar-refractivity contribution in [2.75, 3.05) is 0 Å². The molecule has 1 atom stereocenters. The van der Waals surface area contributed by atoms with Crippen LogP contribution in [0, 0.1) is 0 Å². The number of hydrogen-bond acceptors (Lipinski definition) is 3. The molecule has 3 nitrogen and oxygen atoms in total. The zero-order valence-corrected chi connectivity index (χ0v) is 14.0. The molecule has 0 saturated heterocycles. The predicted molar refractivity (Wildman–Crippen MR) is 81.6 cm³/mol. The standard InChI is InChI=1S/C14H18Br2O3/c1-9(18-11-5-3-2-4-6-11)19-13-8-10(15)7-12(17)14(13)16/h7-9,11,17H,2-6H2,1H3. The number of phenols is 1. The number of ether oxygens (including phenoxy) is 2. The van der Waals surface area contributed by atoms with Crippen molar-refractivity contribution in [2.24, 2.45) is 0 Å². The first kappa shape index (κ1) is 15.1. The van der Waals surface area contributed by atoms with Gasteiger partial charge in [0.25, 0.3) is 0 Å². The Labute approximate surface area is 130 Å². The molecule has 1 aliphatic carbocycles. The highest BCUT2D eigenvalue weighted by molar-refractivity contribution is 9.11. The average Bonchev–Trinajstić information content (AvgIpc) is 2.36. The van der Waals surface area contributed by atoms with Gasteiger partial charge in [0.2, 0.25) is 0 Å². The number of hydrogen-bond donors (Lipinski definition) is 1. The molecule has 1 N–H and O–H groups in total. The molecule has 2 rings (SSSR count). The van der Waals surface area contributed by atoms with Gasteiger partial charge in [0.1, 0.15) is 16.0 Å². The van der Waals surface area contributed by atoms with Gasteiger partial charge in [-0.3, -0.25) is 0 Å². The predicted octanol–water partition coefficient (Wildman–Crippen LogP) is 4.99. The van der Waals surface area contributed by atoms with Crippen LogP contribution in [0.25, 0.3) is 0 Å². The minimum Gasteiger partial charge on any atom is -0.507 e. The molecule has 0 amide bonds. The second kappa shape index (κ2) is 6.95. The molecule has 1 aromatic rings. The van der Waals surface area contributed by atoms with Crippen LogP contribution in [0.2, 0.25) is 0 Å². The highest BCUT2D eigenvalue weighted by atomic mass is 79.9. The van der Waals surface area contributed by atoms with Crippen LogP contribution in [0.15, 0.2) is 21.1 Å². The molecule has 1 aliphatic rings. The van der Waals surface area contributed by atoms with Crippen molar-refractivity contribution in [3.63, 3.8) is 0 Å². The maximum atomic E-state index is 9.72. The summed E-state index contributed by atoms with van der Waals surface area (Å²) >= 11 is 6.65. The van der Waals surface area contributed by atoms with Crippen molar-refractivity contribution in [3.05, 3.63) is 21.1 Å².